The van der Waals surface area contributed by atoms with Crippen LogP contribution in [-0.4, -0.2) is 35.8 Å². The molecule has 2 rings (SSSR count). The van der Waals surface area contributed by atoms with Crippen molar-refractivity contribution in [3.8, 4) is 6.07 Å². The van der Waals surface area contributed by atoms with Crippen LogP contribution in [0.1, 0.15) is 42.6 Å². The second kappa shape index (κ2) is 7.23. The third kappa shape index (κ3) is 4.07. The van der Waals surface area contributed by atoms with E-state index >= 15 is 0 Å². The van der Waals surface area contributed by atoms with E-state index in [0.29, 0.717) is 31.5 Å². The standard InChI is InChI=1S/C17H20FN3O2/c1-11(2)16(22)20-14-5-7-21(8-6-14)17(23)12-3-4-15(18)13(9-12)10-19/h3-4,9,11,14H,5-8H2,1-2H3,(H,20,22). The predicted molar refractivity (Wildman–Crippen MR) is 83.0 cm³/mol. The van der Waals surface area contributed by atoms with E-state index in [2.05, 4.69) is 5.32 Å². The molecule has 0 aromatic heterocycles. The fourth-order valence-corrected chi connectivity index (χ4v) is 2.52. The number of halogens is 1. The molecule has 0 saturated carbocycles. The number of nitriles is 1. The van der Waals surface area contributed by atoms with Crippen molar-refractivity contribution in [2.75, 3.05) is 13.1 Å². The molecule has 23 heavy (non-hydrogen) atoms. The Morgan fingerprint density at radius 1 is 1.35 bits per heavy atom. The molecule has 1 fully saturated rings. The van der Waals surface area contributed by atoms with Gasteiger partial charge in [-0.1, -0.05) is 13.8 Å². The van der Waals surface area contributed by atoms with Crippen molar-refractivity contribution in [2.24, 2.45) is 5.92 Å². The van der Waals surface area contributed by atoms with Crippen molar-refractivity contribution in [3.63, 3.8) is 0 Å². The molecular formula is C17H20FN3O2. The number of rotatable bonds is 3. The monoisotopic (exact) mass is 317 g/mol. The Hall–Kier alpha value is -2.42. The Labute approximate surface area is 135 Å². The third-order valence-electron chi connectivity index (χ3n) is 3.99. The van der Waals surface area contributed by atoms with Crippen LogP contribution in [0.25, 0.3) is 0 Å². The molecule has 1 aromatic rings. The topological polar surface area (TPSA) is 73.2 Å². The van der Waals surface area contributed by atoms with Crippen LogP contribution in [0, 0.1) is 23.1 Å². The lowest BCUT2D eigenvalue weighted by atomic mass is 10.0. The van der Waals surface area contributed by atoms with Gasteiger partial charge in [-0.05, 0) is 31.0 Å². The van der Waals surface area contributed by atoms with Crippen LogP contribution in [0.2, 0.25) is 0 Å². The molecule has 2 amide bonds. The fourth-order valence-electron chi connectivity index (χ4n) is 2.52. The summed E-state index contributed by atoms with van der Waals surface area (Å²) in [6, 6.07) is 5.64. The molecule has 0 spiro atoms. The van der Waals surface area contributed by atoms with E-state index in [1.165, 1.54) is 12.1 Å². The molecular weight excluding hydrogens is 297 g/mol. The lowest BCUT2D eigenvalue weighted by Crippen LogP contribution is -2.47. The van der Waals surface area contributed by atoms with Crippen LogP contribution >= 0.6 is 0 Å². The Kier molecular flexibility index (Phi) is 5.32. The van der Waals surface area contributed by atoms with Crippen LogP contribution in [0.4, 0.5) is 4.39 Å². The number of nitrogens with zero attached hydrogens (tertiary/aromatic N) is 2. The summed E-state index contributed by atoms with van der Waals surface area (Å²) in [4.78, 5) is 25.8. The molecule has 5 nitrogen and oxygen atoms in total. The molecule has 6 heteroatoms. The molecule has 122 valence electrons. The summed E-state index contributed by atoms with van der Waals surface area (Å²) in [6.45, 7) is 4.74. The quantitative estimate of drug-likeness (QED) is 0.927. The molecule has 0 bridgehead atoms. The summed E-state index contributed by atoms with van der Waals surface area (Å²) >= 11 is 0. The van der Waals surface area contributed by atoms with Crippen LogP contribution in [0.5, 0.6) is 0 Å². The van der Waals surface area contributed by atoms with Gasteiger partial charge < -0.3 is 10.2 Å². The van der Waals surface area contributed by atoms with E-state index in [1.54, 1.807) is 11.0 Å². The molecule has 0 unspecified atom stereocenters. The molecule has 1 N–H and O–H groups in total. The normalized spacial score (nSPS) is 15.3. The van der Waals surface area contributed by atoms with Crippen LogP contribution in [0.15, 0.2) is 18.2 Å². The Morgan fingerprint density at radius 3 is 2.57 bits per heavy atom. The average molecular weight is 317 g/mol. The number of benzene rings is 1. The third-order valence-corrected chi connectivity index (χ3v) is 3.99. The molecule has 1 aromatic carbocycles. The number of hydrogen-bond acceptors (Lipinski definition) is 3. The van der Waals surface area contributed by atoms with Gasteiger partial charge in [0.2, 0.25) is 5.91 Å². The lowest BCUT2D eigenvalue weighted by Gasteiger charge is -2.32. The number of carbonyl (C=O) groups is 2. The van der Waals surface area contributed by atoms with Gasteiger partial charge in [0.1, 0.15) is 11.9 Å². The highest BCUT2D eigenvalue weighted by Gasteiger charge is 2.25. The maximum atomic E-state index is 13.3. The highest BCUT2D eigenvalue weighted by atomic mass is 19.1. The summed E-state index contributed by atoms with van der Waals surface area (Å²) in [5.74, 6) is -0.875. The van der Waals surface area contributed by atoms with Crippen molar-refractivity contribution in [1.82, 2.24) is 10.2 Å². The lowest BCUT2D eigenvalue weighted by molar-refractivity contribution is -0.124. The fraction of sp³-hybridized carbons (Fsp3) is 0.471. The minimum atomic E-state index is -0.626. The molecule has 0 radical (unpaired) electrons. The Morgan fingerprint density at radius 2 is 2.00 bits per heavy atom. The summed E-state index contributed by atoms with van der Waals surface area (Å²) in [6.07, 6.45) is 1.38. The van der Waals surface area contributed by atoms with Crippen molar-refractivity contribution in [3.05, 3.63) is 35.1 Å². The average Bonchev–Trinajstić information content (AvgIpc) is 2.55. The molecule has 0 aliphatic carbocycles. The summed E-state index contributed by atoms with van der Waals surface area (Å²) in [5, 5.41) is 11.8. The summed E-state index contributed by atoms with van der Waals surface area (Å²) < 4.78 is 13.3. The van der Waals surface area contributed by atoms with Gasteiger partial charge in [0.25, 0.3) is 5.91 Å². The number of carbonyl (C=O) groups excluding carboxylic acids is 2. The molecule has 1 aliphatic rings. The maximum Gasteiger partial charge on any atom is 0.253 e. The van der Waals surface area contributed by atoms with Gasteiger partial charge in [0, 0.05) is 30.6 Å². The molecule has 1 heterocycles. The van der Waals surface area contributed by atoms with Crippen molar-refractivity contribution in [1.29, 1.82) is 5.26 Å². The number of nitrogens with one attached hydrogen (secondary N) is 1. The largest absolute Gasteiger partial charge is 0.353 e. The number of hydrogen-bond donors (Lipinski definition) is 1. The zero-order valence-corrected chi connectivity index (χ0v) is 13.3. The van der Waals surface area contributed by atoms with Gasteiger partial charge in [-0.25, -0.2) is 4.39 Å². The van der Waals surface area contributed by atoms with E-state index in [9.17, 15) is 14.0 Å². The van der Waals surface area contributed by atoms with Crippen molar-refractivity contribution >= 4 is 11.8 Å². The number of amides is 2. The highest BCUT2D eigenvalue weighted by Crippen LogP contribution is 2.16. The van der Waals surface area contributed by atoms with Gasteiger partial charge in [0.15, 0.2) is 0 Å². The van der Waals surface area contributed by atoms with Gasteiger partial charge >= 0.3 is 0 Å². The molecule has 0 atom stereocenters. The zero-order chi connectivity index (χ0) is 17.0. The second-order valence-electron chi connectivity index (χ2n) is 6.04. The maximum absolute atomic E-state index is 13.3. The van der Waals surface area contributed by atoms with E-state index in [4.69, 9.17) is 5.26 Å². The van der Waals surface area contributed by atoms with Crippen molar-refractivity contribution in [2.45, 2.75) is 32.7 Å². The minimum Gasteiger partial charge on any atom is -0.353 e. The minimum absolute atomic E-state index is 0.0203. The smallest absolute Gasteiger partial charge is 0.253 e. The van der Waals surface area contributed by atoms with Gasteiger partial charge in [-0.2, -0.15) is 5.26 Å². The Balaban J connectivity index is 1.96. The van der Waals surface area contributed by atoms with Crippen molar-refractivity contribution < 1.29 is 14.0 Å². The SMILES string of the molecule is CC(C)C(=O)NC1CCN(C(=O)c2ccc(F)c(C#N)c2)CC1. The van der Waals surface area contributed by atoms with Gasteiger partial charge in [-0.3, -0.25) is 9.59 Å². The van der Waals surface area contributed by atoms with Gasteiger partial charge in [-0.15, -0.1) is 0 Å². The van der Waals surface area contributed by atoms with Gasteiger partial charge in [0.05, 0.1) is 5.56 Å². The van der Waals surface area contributed by atoms with E-state index < -0.39 is 5.82 Å². The number of piperidine rings is 1. The second-order valence-corrected chi connectivity index (χ2v) is 6.04. The molecule has 1 aliphatic heterocycles. The van der Waals surface area contributed by atoms with Crippen LogP contribution < -0.4 is 5.32 Å². The first-order valence-electron chi connectivity index (χ1n) is 7.71. The summed E-state index contributed by atoms with van der Waals surface area (Å²) in [7, 11) is 0. The first kappa shape index (κ1) is 16.9. The first-order chi connectivity index (χ1) is 10.9. The van der Waals surface area contributed by atoms with Crippen LogP contribution in [0.3, 0.4) is 0 Å². The van der Waals surface area contributed by atoms with E-state index in [-0.39, 0.29) is 29.3 Å². The molecule has 1 saturated heterocycles. The number of likely N-dealkylation sites (tertiary alicyclic amines) is 1. The van der Waals surface area contributed by atoms with E-state index in [0.717, 1.165) is 6.07 Å². The predicted octanol–water partition coefficient (Wildman–Crippen LogP) is 2.07. The first-order valence-corrected chi connectivity index (χ1v) is 7.71. The Bertz CT molecular complexity index is 644. The van der Waals surface area contributed by atoms with Crippen LogP contribution in [-0.2, 0) is 4.79 Å². The summed E-state index contributed by atoms with van der Waals surface area (Å²) in [5.41, 5.74) is 0.183. The highest BCUT2D eigenvalue weighted by molar-refractivity contribution is 5.94. The zero-order valence-electron chi connectivity index (χ0n) is 13.3. The van der Waals surface area contributed by atoms with E-state index in [1.807, 2.05) is 13.8 Å².